The number of aromatic nitrogens is 2. The lowest BCUT2D eigenvalue weighted by Gasteiger charge is -2.10. The second-order valence-corrected chi connectivity index (χ2v) is 6.53. The van der Waals surface area contributed by atoms with Gasteiger partial charge in [-0.05, 0) is 42.5 Å². The Hall–Kier alpha value is -4.20. The van der Waals surface area contributed by atoms with Crippen LogP contribution in [0.2, 0.25) is 0 Å². The number of ether oxygens (including phenoxy) is 1. The Labute approximate surface area is 170 Å². The van der Waals surface area contributed by atoms with Crippen molar-refractivity contribution in [2.24, 2.45) is 5.73 Å². The van der Waals surface area contributed by atoms with Crippen molar-refractivity contribution >= 4 is 28.5 Å². The third-order valence-electron chi connectivity index (χ3n) is 4.34. The predicted octanol–water partition coefficient (Wildman–Crippen LogP) is 3.49. The van der Waals surface area contributed by atoms with Crippen LogP contribution < -0.4 is 15.8 Å². The van der Waals surface area contributed by atoms with Crippen molar-refractivity contribution in [3.63, 3.8) is 0 Å². The van der Waals surface area contributed by atoms with Crippen LogP contribution in [0.3, 0.4) is 0 Å². The molecule has 8 heteroatoms. The molecule has 0 aliphatic carbocycles. The highest BCUT2D eigenvalue weighted by molar-refractivity contribution is 6.06. The van der Waals surface area contributed by atoms with Crippen LogP contribution in [0.25, 0.3) is 22.4 Å². The number of carbonyl (C=O) groups is 2. The summed E-state index contributed by atoms with van der Waals surface area (Å²) in [7, 11) is 0. The van der Waals surface area contributed by atoms with Crippen molar-refractivity contribution in [3.05, 3.63) is 78.1 Å². The van der Waals surface area contributed by atoms with Crippen molar-refractivity contribution in [3.8, 4) is 17.1 Å². The summed E-state index contributed by atoms with van der Waals surface area (Å²) in [5.74, 6) is -0.607. The second-order valence-electron chi connectivity index (χ2n) is 6.53. The van der Waals surface area contributed by atoms with Crippen molar-refractivity contribution in [2.75, 3.05) is 11.9 Å². The number of benzene rings is 3. The number of rotatable bonds is 6. The summed E-state index contributed by atoms with van der Waals surface area (Å²) in [6, 6.07) is 17.9. The van der Waals surface area contributed by atoms with Crippen LogP contribution in [0.1, 0.15) is 10.4 Å². The third-order valence-corrected chi connectivity index (χ3v) is 4.34. The molecule has 7 nitrogen and oxygen atoms in total. The quantitative estimate of drug-likeness (QED) is 0.457. The molecule has 1 heterocycles. The number of fused-ring (bicyclic) bond motifs is 1. The normalized spacial score (nSPS) is 10.7. The first-order valence-corrected chi connectivity index (χ1v) is 9.07. The van der Waals surface area contributed by atoms with Crippen molar-refractivity contribution in [2.45, 2.75) is 0 Å². The molecule has 0 spiro atoms. The minimum atomic E-state index is -0.635. The lowest BCUT2D eigenvalue weighted by Crippen LogP contribution is -2.21. The highest BCUT2D eigenvalue weighted by Crippen LogP contribution is 2.25. The molecule has 0 aliphatic rings. The molecule has 0 saturated heterocycles. The first-order chi connectivity index (χ1) is 14.5. The van der Waals surface area contributed by atoms with E-state index in [0.717, 1.165) is 0 Å². The molecule has 150 valence electrons. The van der Waals surface area contributed by atoms with E-state index in [1.54, 1.807) is 54.6 Å². The van der Waals surface area contributed by atoms with E-state index in [1.807, 2.05) is 0 Å². The van der Waals surface area contributed by atoms with Gasteiger partial charge in [-0.25, -0.2) is 9.37 Å². The molecule has 0 saturated carbocycles. The summed E-state index contributed by atoms with van der Waals surface area (Å²) >= 11 is 0. The van der Waals surface area contributed by atoms with Crippen molar-refractivity contribution in [1.82, 2.24) is 9.97 Å². The summed E-state index contributed by atoms with van der Waals surface area (Å²) < 4.78 is 18.8. The number of amides is 2. The number of halogens is 1. The van der Waals surface area contributed by atoms with Crippen LogP contribution in [-0.4, -0.2) is 28.4 Å². The minimum absolute atomic E-state index is 0.254. The highest BCUT2D eigenvalue weighted by atomic mass is 19.1. The standard InChI is InChI=1S/C22H17FN4O3/c23-14-5-3-4-13(10-14)21-26-17-9-8-15(11-18(17)27-21)25-22(29)16-6-1-2-7-19(16)30-12-20(24)28/h1-11H,12H2,(H2,24,28)(H,25,29)(H,26,27). The van der Waals surface area contributed by atoms with Crippen LogP contribution in [0.15, 0.2) is 66.7 Å². The van der Waals surface area contributed by atoms with Gasteiger partial charge in [-0.3, -0.25) is 9.59 Å². The van der Waals surface area contributed by atoms with E-state index >= 15 is 0 Å². The van der Waals surface area contributed by atoms with E-state index in [9.17, 15) is 14.0 Å². The van der Waals surface area contributed by atoms with Crippen LogP contribution >= 0.6 is 0 Å². The zero-order valence-corrected chi connectivity index (χ0v) is 15.7. The molecule has 0 radical (unpaired) electrons. The molecule has 0 unspecified atom stereocenters. The lowest BCUT2D eigenvalue weighted by molar-refractivity contribution is -0.119. The molecule has 0 aliphatic heterocycles. The molecule has 0 fully saturated rings. The predicted molar refractivity (Wildman–Crippen MR) is 111 cm³/mol. The van der Waals surface area contributed by atoms with Gasteiger partial charge >= 0.3 is 0 Å². The fourth-order valence-electron chi connectivity index (χ4n) is 2.99. The number of carbonyl (C=O) groups excluding carboxylic acids is 2. The average molecular weight is 404 g/mol. The molecule has 4 N–H and O–H groups in total. The SMILES string of the molecule is NC(=O)COc1ccccc1C(=O)Nc1ccc2nc(-c3cccc(F)c3)[nH]c2c1. The van der Waals surface area contributed by atoms with Gasteiger partial charge in [0, 0.05) is 11.3 Å². The van der Waals surface area contributed by atoms with Gasteiger partial charge in [-0.2, -0.15) is 0 Å². The van der Waals surface area contributed by atoms with Gasteiger partial charge in [-0.15, -0.1) is 0 Å². The van der Waals surface area contributed by atoms with Gasteiger partial charge in [-0.1, -0.05) is 24.3 Å². The van der Waals surface area contributed by atoms with E-state index in [4.69, 9.17) is 10.5 Å². The topological polar surface area (TPSA) is 110 Å². The van der Waals surface area contributed by atoms with Crippen molar-refractivity contribution < 1.29 is 18.7 Å². The third kappa shape index (κ3) is 4.12. The number of nitrogens with zero attached hydrogens (tertiary/aromatic N) is 1. The van der Waals surface area contributed by atoms with E-state index in [2.05, 4.69) is 15.3 Å². The number of nitrogens with two attached hydrogens (primary N) is 1. The number of para-hydroxylation sites is 1. The van der Waals surface area contributed by atoms with Crippen LogP contribution in [0.4, 0.5) is 10.1 Å². The van der Waals surface area contributed by atoms with E-state index < -0.39 is 11.8 Å². The average Bonchev–Trinajstić information content (AvgIpc) is 3.16. The molecule has 2 amide bonds. The fourth-order valence-corrected chi connectivity index (χ4v) is 2.99. The Morgan fingerprint density at radius 3 is 2.70 bits per heavy atom. The number of H-pyrrole nitrogens is 1. The zero-order valence-electron chi connectivity index (χ0n) is 15.7. The summed E-state index contributed by atoms with van der Waals surface area (Å²) in [5, 5.41) is 2.79. The van der Waals surface area contributed by atoms with Gasteiger partial charge in [0.2, 0.25) is 0 Å². The maximum atomic E-state index is 13.5. The molecule has 4 rings (SSSR count). The van der Waals surface area contributed by atoms with Gasteiger partial charge < -0.3 is 20.8 Å². The molecule has 4 aromatic rings. The number of aromatic amines is 1. The monoisotopic (exact) mass is 404 g/mol. The number of nitrogens with one attached hydrogen (secondary N) is 2. The second kappa shape index (κ2) is 8.04. The molecule has 3 aromatic carbocycles. The summed E-state index contributed by atoms with van der Waals surface area (Å²) in [6.45, 7) is -0.326. The summed E-state index contributed by atoms with van der Waals surface area (Å²) in [5.41, 5.74) is 7.89. The number of anilines is 1. The number of imidazole rings is 1. The van der Waals surface area contributed by atoms with Gasteiger partial charge in [0.25, 0.3) is 11.8 Å². The largest absolute Gasteiger partial charge is 0.483 e. The lowest BCUT2D eigenvalue weighted by atomic mass is 10.1. The van der Waals surface area contributed by atoms with E-state index in [-0.39, 0.29) is 23.7 Å². The molecule has 30 heavy (non-hydrogen) atoms. The Balaban J connectivity index is 1.57. The Bertz CT molecular complexity index is 1250. The number of primary amides is 1. The maximum Gasteiger partial charge on any atom is 0.259 e. The Morgan fingerprint density at radius 1 is 1.07 bits per heavy atom. The Morgan fingerprint density at radius 2 is 1.90 bits per heavy atom. The van der Waals surface area contributed by atoms with Gasteiger partial charge in [0.1, 0.15) is 17.4 Å². The van der Waals surface area contributed by atoms with Gasteiger partial charge in [0.05, 0.1) is 16.6 Å². The molecule has 1 aromatic heterocycles. The molecular weight excluding hydrogens is 387 g/mol. The summed E-state index contributed by atoms with van der Waals surface area (Å²) in [6.07, 6.45) is 0. The van der Waals surface area contributed by atoms with Gasteiger partial charge in [0.15, 0.2) is 6.61 Å². The smallest absolute Gasteiger partial charge is 0.259 e. The van der Waals surface area contributed by atoms with Crippen LogP contribution in [0, 0.1) is 5.82 Å². The maximum absolute atomic E-state index is 13.5. The summed E-state index contributed by atoms with van der Waals surface area (Å²) in [4.78, 5) is 31.3. The fraction of sp³-hybridized carbons (Fsp3) is 0.0455. The number of hydrogen-bond donors (Lipinski definition) is 3. The zero-order chi connectivity index (χ0) is 21.1. The highest BCUT2D eigenvalue weighted by Gasteiger charge is 2.14. The first kappa shape index (κ1) is 19.1. The number of hydrogen-bond acceptors (Lipinski definition) is 4. The van der Waals surface area contributed by atoms with Crippen LogP contribution in [0.5, 0.6) is 5.75 Å². The van der Waals surface area contributed by atoms with Crippen molar-refractivity contribution in [1.29, 1.82) is 0 Å². The van der Waals surface area contributed by atoms with Crippen LogP contribution in [-0.2, 0) is 4.79 Å². The Kier molecular flexibility index (Phi) is 5.13. The first-order valence-electron chi connectivity index (χ1n) is 9.07. The van der Waals surface area contributed by atoms with E-state index in [0.29, 0.717) is 28.1 Å². The minimum Gasteiger partial charge on any atom is -0.483 e. The molecule has 0 atom stereocenters. The molecular formula is C22H17FN4O3. The van der Waals surface area contributed by atoms with E-state index in [1.165, 1.54) is 12.1 Å². The molecule has 0 bridgehead atoms.